The van der Waals surface area contributed by atoms with Crippen LogP contribution in [0, 0.1) is 35.5 Å². The van der Waals surface area contributed by atoms with Crippen molar-refractivity contribution in [1.82, 2.24) is 0 Å². The average molecular weight is 364 g/mol. The molecule has 26 heavy (non-hydrogen) atoms. The molecule has 2 heterocycles. The Hall–Kier alpha value is -2.09. The van der Waals surface area contributed by atoms with Gasteiger partial charge in [0.15, 0.2) is 6.29 Å². The van der Waals surface area contributed by atoms with Gasteiger partial charge in [0.1, 0.15) is 37.1 Å². The number of rotatable bonds is 4. The highest BCUT2D eigenvalue weighted by atomic mass is 16.7. The van der Waals surface area contributed by atoms with E-state index in [-0.39, 0.29) is 18.7 Å². The molecule has 0 aromatic heterocycles. The largest absolute Gasteiger partial charge is 0.461 e. The highest BCUT2D eigenvalue weighted by Gasteiger charge is 2.43. The third-order valence-corrected chi connectivity index (χ3v) is 3.83. The first-order valence-corrected chi connectivity index (χ1v) is 8.10. The van der Waals surface area contributed by atoms with Crippen molar-refractivity contribution in [1.29, 1.82) is 0 Å². The van der Waals surface area contributed by atoms with Crippen molar-refractivity contribution in [3.63, 3.8) is 0 Å². The Morgan fingerprint density at radius 3 is 2.42 bits per heavy atom. The van der Waals surface area contributed by atoms with E-state index in [0.717, 1.165) is 0 Å². The molecule has 0 aromatic rings. The minimum absolute atomic E-state index is 0.136. The van der Waals surface area contributed by atoms with Crippen LogP contribution in [-0.4, -0.2) is 76.4 Å². The third kappa shape index (κ3) is 5.72. The van der Waals surface area contributed by atoms with Crippen LogP contribution in [0.4, 0.5) is 0 Å². The molecule has 8 heteroatoms. The van der Waals surface area contributed by atoms with Crippen LogP contribution < -0.4 is 0 Å². The molecule has 8 nitrogen and oxygen atoms in total. The molecule has 0 saturated carbocycles. The summed E-state index contributed by atoms with van der Waals surface area (Å²) in [5.41, 5.74) is 0. The van der Waals surface area contributed by atoms with E-state index in [1.54, 1.807) is 0 Å². The van der Waals surface area contributed by atoms with Crippen LogP contribution in [0.1, 0.15) is 19.3 Å². The van der Waals surface area contributed by atoms with Crippen LogP contribution in [0.5, 0.6) is 0 Å². The maximum Gasteiger partial charge on any atom is 0.306 e. The molecule has 6 atom stereocenters. The van der Waals surface area contributed by atoms with Gasteiger partial charge in [0.25, 0.3) is 0 Å². The summed E-state index contributed by atoms with van der Waals surface area (Å²) in [5, 5.41) is 38.1. The monoisotopic (exact) mass is 364 g/mol. The molecule has 2 rings (SSSR count). The fraction of sp³-hybridized carbons (Fsp3) is 0.611. The van der Waals surface area contributed by atoms with E-state index < -0.39 is 37.3 Å². The lowest BCUT2D eigenvalue weighted by Gasteiger charge is -2.39. The number of carbonyl (C=O) groups excluding carboxylic acids is 1. The SMILES string of the molecule is O=C1CC[C@@H](CC#CC#CC#CCO[C@@H]2O[C@H](CO)[C@@H](O)[C@H](O)[C@H]2O)O1. The molecular weight excluding hydrogens is 344 g/mol. The molecular formula is C18H20O8. The lowest BCUT2D eigenvalue weighted by Crippen LogP contribution is -2.59. The average Bonchev–Trinajstić information content (AvgIpc) is 3.05. The number of carbonyl (C=O) groups is 1. The molecule has 4 N–H and O–H groups in total. The number of ether oxygens (including phenoxy) is 3. The fourth-order valence-electron chi connectivity index (χ4n) is 2.41. The second kappa shape index (κ2) is 10.2. The zero-order valence-electron chi connectivity index (χ0n) is 13.9. The maximum atomic E-state index is 10.9. The van der Waals surface area contributed by atoms with Gasteiger partial charge in [0, 0.05) is 12.8 Å². The highest BCUT2D eigenvalue weighted by Crippen LogP contribution is 2.21. The van der Waals surface area contributed by atoms with Gasteiger partial charge in [0.05, 0.1) is 6.61 Å². The second-order valence-electron chi connectivity index (χ2n) is 5.72. The van der Waals surface area contributed by atoms with Crippen molar-refractivity contribution < 1.29 is 39.4 Å². The first kappa shape index (κ1) is 20.2. The lowest BCUT2D eigenvalue weighted by atomic mass is 9.99. The summed E-state index contributed by atoms with van der Waals surface area (Å²) >= 11 is 0. The van der Waals surface area contributed by atoms with Gasteiger partial charge in [-0.15, -0.1) is 0 Å². The molecule has 0 bridgehead atoms. The predicted octanol–water partition coefficient (Wildman–Crippen LogP) is -2.09. The maximum absolute atomic E-state index is 10.9. The van der Waals surface area contributed by atoms with Gasteiger partial charge in [-0.2, -0.15) is 0 Å². The van der Waals surface area contributed by atoms with Crippen molar-refractivity contribution in [3.05, 3.63) is 0 Å². The Bertz CT molecular complexity index is 669. The van der Waals surface area contributed by atoms with Gasteiger partial charge in [-0.1, -0.05) is 11.8 Å². The van der Waals surface area contributed by atoms with Crippen molar-refractivity contribution >= 4 is 5.97 Å². The van der Waals surface area contributed by atoms with Crippen LogP contribution in [0.15, 0.2) is 0 Å². The molecule has 140 valence electrons. The quantitative estimate of drug-likeness (QED) is 0.331. The van der Waals surface area contributed by atoms with Crippen LogP contribution in [-0.2, 0) is 19.0 Å². The van der Waals surface area contributed by atoms with Crippen LogP contribution in [0.25, 0.3) is 0 Å². The Labute approximate surface area is 151 Å². The van der Waals surface area contributed by atoms with Gasteiger partial charge in [0.2, 0.25) is 0 Å². The van der Waals surface area contributed by atoms with Gasteiger partial charge in [-0.3, -0.25) is 4.79 Å². The zero-order valence-corrected chi connectivity index (χ0v) is 13.9. The minimum Gasteiger partial charge on any atom is -0.461 e. The molecule has 0 radical (unpaired) electrons. The van der Waals surface area contributed by atoms with Crippen molar-refractivity contribution in [3.8, 4) is 35.5 Å². The van der Waals surface area contributed by atoms with Gasteiger partial charge in [-0.25, -0.2) is 0 Å². The van der Waals surface area contributed by atoms with Crippen molar-refractivity contribution in [2.75, 3.05) is 13.2 Å². The van der Waals surface area contributed by atoms with E-state index in [9.17, 15) is 20.1 Å². The van der Waals surface area contributed by atoms with E-state index in [0.29, 0.717) is 19.3 Å². The predicted molar refractivity (Wildman–Crippen MR) is 86.8 cm³/mol. The molecule has 0 unspecified atom stereocenters. The van der Waals surface area contributed by atoms with E-state index >= 15 is 0 Å². The smallest absolute Gasteiger partial charge is 0.306 e. The van der Waals surface area contributed by atoms with Gasteiger partial charge in [-0.05, 0) is 30.1 Å². The summed E-state index contributed by atoms with van der Waals surface area (Å²) in [5.74, 6) is 15.3. The molecule has 2 aliphatic rings. The first-order valence-electron chi connectivity index (χ1n) is 8.10. The highest BCUT2D eigenvalue weighted by molar-refractivity contribution is 5.71. The van der Waals surface area contributed by atoms with Gasteiger partial charge < -0.3 is 34.6 Å². The molecule has 2 fully saturated rings. The molecule has 0 spiro atoms. The zero-order chi connectivity index (χ0) is 18.9. The van der Waals surface area contributed by atoms with E-state index in [2.05, 4.69) is 35.5 Å². The second-order valence-corrected chi connectivity index (χ2v) is 5.72. The van der Waals surface area contributed by atoms with Gasteiger partial charge >= 0.3 is 5.97 Å². The Morgan fingerprint density at radius 1 is 1.04 bits per heavy atom. The number of hydrogen-bond donors (Lipinski definition) is 4. The lowest BCUT2D eigenvalue weighted by molar-refractivity contribution is -0.298. The van der Waals surface area contributed by atoms with Crippen LogP contribution in [0.3, 0.4) is 0 Å². The summed E-state index contributed by atoms with van der Waals surface area (Å²) in [7, 11) is 0. The molecule has 0 aromatic carbocycles. The van der Waals surface area contributed by atoms with Crippen molar-refractivity contribution in [2.45, 2.75) is 56.1 Å². The van der Waals surface area contributed by atoms with E-state index in [1.807, 2.05) is 0 Å². The summed E-state index contributed by atoms with van der Waals surface area (Å²) in [6.07, 6.45) is -5.25. The topological polar surface area (TPSA) is 126 Å². The molecule has 0 amide bonds. The first-order chi connectivity index (χ1) is 12.5. The normalized spacial score (nSPS) is 33.0. The number of aliphatic hydroxyl groups excluding tert-OH is 4. The van der Waals surface area contributed by atoms with Crippen molar-refractivity contribution in [2.24, 2.45) is 0 Å². The number of cyclic esters (lactones) is 1. The Balaban J connectivity index is 1.71. The molecule has 0 aliphatic carbocycles. The third-order valence-electron chi connectivity index (χ3n) is 3.83. The summed E-state index contributed by atoms with van der Waals surface area (Å²) in [6.45, 7) is -0.663. The standard InChI is InChI=1S/C18H20O8/c19-11-13-15(21)16(22)17(23)18(26-13)24-10-6-4-2-1-3-5-7-12-8-9-14(20)25-12/h12-13,15-19,21-23H,7-11H2/t12-,13-,15-,16+,17-,18-/m1/s1. The Morgan fingerprint density at radius 2 is 1.77 bits per heavy atom. The molecule has 2 aliphatic heterocycles. The summed E-state index contributed by atoms with van der Waals surface area (Å²) in [6, 6.07) is 0. The Kier molecular flexibility index (Phi) is 7.90. The van der Waals surface area contributed by atoms with Crippen LogP contribution in [0.2, 0.25) is 0 Å². The van der Waals surface area contributed by atoms with E-state index in [4.69, 9.17) is 19.3 Å². The van der Waals surface area contributed by atoms with Crippen LogP contribution >= 0.6 is 0 Å². The van der Waals surface area contributed by atoms with E-state index in [1.165, 1.54) is 0 Å². The number of hydrogen-bond acceptors (Lipinski definition) is 8. The molecule has 2 saturated heterocycles. The fourth-order valence-corrected chi connectivity index (χ4v) is 2.41. The number of aliphatic hydroxyl groups is 4. The number of esters is 1. The summed E-state index contributed by atoms with van der Waals surface area (Å²) < 4.78 is 15.3. The minimum atomic E-state index is -1.49. The summed E-state index contributed by atoms with van der Waals surface area (Å²) in [4.78, 5) is 10.9.